The van der Waals surface area contributed by atoms with Gasteiger partial charge in [0.05, 0.1) is 4.47 Å². The summed E-state index contributed by atoms with van der Waals surface area (Å²) in [7, 11) is 0. The molecule has 0 radical (unpaired) electrons. The summed E-state index contributed by atoms with van der Waals surface area (Å²) < 4.78 is 0.669. The number of phenolic OH excluding ortho intramolecular Hbond substituents is 1. The average molecular weight is 243 g/mol. The minimum absolute atomic E-state index is 0.203. The van der Waals surface area contributed by atoms with Crippen LogP contribution in [0.5, 0.6) is 5.75 Å². The molecule has 0 spiro atoms. The molecule has 1 rings (SSSR count). The molecule has 70 valence electrons. The smallest absolute Gasteiger partial charge is 0.129 e. The first kappa shape index (κ1) is 10.3. The maximum atomic E-state index is 10.3. The van der Waals surface area contributed by atoms with Gasteiger partial charge in [-0.15, -0.1) is 0 Å². The van der Waals surface area contributed by atoms with Crippen LogP contribution in [0, 0.1) is 0 Å². The molecule has 13 heavy (non-hydrogen) atoms. The van der Waals surface area contributed by atoms with Crippen LogP contribution in [0.3, 0.4) is 0 Å². The third-order valence-corrected chi connectivity index (χ3v) is 2.63. The van der Waals surface area contributed by atoms with Gasteiger partial charge in [0.15, 0.2) is 0 Å². The van der Waals surface area contributed by atoms with Gasteiger partial charge in [-0.3, -0.25) is 0 Å². The molecule has 1 atom stereocenters. The van der Waals surface area contributed by atoms with Gasteiger partial charge in [-0.25, -0.2) is 0 Å². The number of aromatic hydroxyl groups is 1. The van der Waals surface area contributed by atoms with Crippen molar-refractivity contribution in [2.24, 2.45) is 0 Å². The number of phenols is 1. The number of aldehydes is 1. The van der Waals surface area contributed by atoms with Gasteiger partial charge in [-0.1, -0.05) is 13.0 Å². The third kappa shape index (κ3) is 2.56. The SMILES string of the molecule is CC(CC=O)c1ccc(O)c(Br)c1. The van der Waals surface area contributed by atoms with E-state index in [0.29, 0.717) is 10.9 Å². The monoisotopic (exact) mass is 242 g/mol. The van der Waals surface area contributed by atoms with Gasteiger partial charge in [0, 0.05) is 6.42 Å². The van der Waals surface area contributed by atoms with Crippen molar-refractivity contribution in [3.63, 3.8) is 0 Å². The number of carbonyl (C=O) groups excluding carboxylic acids is 1. The molecule has 0 saturated heterocycles. The van der Waals surface area contributed by atoms with E-state index >= 15 is 0 Å². The fourth-order valence-electron chi connectivity index (χ4n) is 1.11. The second kappa shape index (κ2) is 4.42. The summed E-state index contributed by atoms with van der Waals surface area (Å²) in [6.45, 7) is 1.98. The third-order valence-electron chi connectivity index (χ3n) is 1.99. The van der Waals surface area contributed by atoms with Gasteiger partial charge >= 0.3 is 0 Å². The van der Waals surface area contributed by atoms with Crippen LogP contribution in [-0.4, -0.2) is 11.4 Å². The molecule has 0 saturated carbocycles. The van der Waals surface area contributed by atoms with Gasteiger partial charge in [0.25, 0.3) is 0 Å². The number of benzene rings is 1. The van der Waals surface area contributed by atoms with Crippen LogP contribution in [0.1, 0.15) is 24.8 Å². The molecule has 1 aromatic carbocycles. The number of carbonyl (C=O) groups is 1. The first-order valence-electron chi connectivity index (χ1n) is 4.07. The minimum Gasteiger partial charge on any atom is -0.507 e. The molecule has 1 N–H and O–H groups in total. The van der Waals surface area contributed by atoms with E-state index < -0.39 is 0 Å². The number of halogens is 1. The lowest BCUT2D eigenvalue weighted by atomic mass is 9.99. The number of rotatable bonds is 3. The average Bonchev–Trinajstić information content (AvgIpc) is 2.10. The van der Waals surface area contributed by atoms with E-state index in [0.717, 1.165) is 11.8 Å². The van der Waals surface area contributed by atoms with Crippen LogP contribution < -0.4 is 0 Å². The van der Waals surface area contributed by atoms with Gasteiger partial charge in [0.1, 0.15) is 12.0 Å². The molecular weight excluding hydrogens is 232 g/mol. The van der Waals surface area contributed by atoms with Crippen molar-refractivity contribution in [2.45, 2.75) is 19.3 Å². The molecule has 1 unspecified atom stereocenters. The van der Waals surface area contributed by atoms with E-state index in [1.54, 1.807) is 6.07 Å². The lowest BCUT2D eigenvalue weighted by molar-refractivity contribution is -0.108. The van der Waals surface area contributed by atoms with Crippen molar-refractivity contribution in [3.8, 4) is 5.75 Å². The minimum atomic E-state index is 0.203. The molecule has 0 fully saturated rings. The maximum absolute atomic E-state index is 10.3. The largest absolute Gasteiger partial charge is 0.507 e. The summed E-state index contributed by atoms with van der Waals surface area (Å²) >= 11 is 3.23. The van der Waals surface area contributed by atoms with E-state index in [1.165, 1.54) is 0 Å². The molecule has 0 aliphatic carbocycles. The Morgan fingerprint density at radius 2 is 2.31 bits per heavy atom. The van der Waals surface area contributed by atoms with Gasteiger partial charge in [-0.05, 0) is 39.5 Å². The van der Waals surface area contributed by atoms with Crippen molar-refractivity contribution < 1.29 is 9.90 Å². The summed E-state index contributed by atoms with van der Waals surface area (Å²) in [5.41, 5.74) is 1.05. The Hall–Kier alpha value is -0.830. The Labute approximate surface area is 85.7 Å². The highest BCUT2D eigenvalue weighted by atomic mass is 79.9. The van der Waals surface area contributed by atoms with Gasteiger partial charge in [0.2, 0.25) is 0 Å². The van der Waals surface area contributed by atoms with E-state index in [2.05, 4.69) is 15.9 Å². The summed E-state index contributed by atoms with van der Waals surface area (Å²) in [5, 5.41) is 9.24. The van der Waals surface area contributed by atoms with Crippen LogP contribution in [-0.2, 0) is 4.79 Å². The zero-order valence-corrected chi connectivity index (χ0v) is 8.91. The van der Waals surface area contributed by atoms with E-state index in [-0.39, 0.29) is 11.7 Å². The normalized spacial score (nSPS) is 12.5. The van der Waals surface area contributed by atoms with E-state index in [1.807, 2.05) is 19.1 Å². The summed E-state index contributed by atoms with van der Waals surface area (Å²) in [5.74, 6) is 0.427. The molecule has 1 aromatic rings. The molecular formula is C10H11BrO2. The molecule has 0 bridgehead atoms. The maximum Gasteiger partial charge on any atom is 0.129 e. The van der Waals surface area contributed by atoms with Crippen molar-refractivity contribution in [1.82, 2.24) is 0 Å². The van der Waals surface area contributed by atoms with Crippen LogP contribution >= 0.6 is 15.9 Å². The van der Waals surface area contributed by atoms with Crippen molar-refractivity contribution in [2.75, 3.05) is 0 Å². The highest BCUT2D eigenvalue weighted by Gasteiger charge is 2.06. The van der Waals surface area contributed by atoms with Gasteiger partial charge < -0.3 is 9.90 Å². The van der Waals surface area contributed by atoms with Crippen LogP contribution in [0.4, 0.5) is 0 Å². The topological polar surface area (TPSA) is 37.3 Å². The Morgan fingerprint density at radius 3 is 2.85 bits per heavy atom. The predicted molar refractivity (Wildman–Crippen MR) is 54.9 cm³/mol. The summed E-state index contributed by atoms with van der Waals surface area (Å²) in [6.07, 6.45) is 1.42. The summed E-state index contributed by atoms with van der Waals surface area (Å²) in [4.78, 5) is 10.3. The summed E-state index contributed by atoms with van der Waals surface area (Å²) in [6, 6.07) is 5.29. The quantitative estimate of drug-likeness (QED) is 0.829. The standard InChI is InChI=1S/C10H11BrO2/c1-7(4-5-12)8-2-3-10(13)9(11)6-8/h2-3,5-7,13H,4H2,1H3. The molecule has 0 aliphatic rings. The second-order valence-corrected chi connectivity index (χ2v) is 3.87. The molecule has 3 heteroatoms. The Balaban J connectivity index is 2.89. The lowest BCUT2D eigenvalue weighted by Gasteiger charge is -2.08. The first-order valence-corrected chi connectivity index (χ1v) is 4.86. The van der Waals surface area contributed by atoms with E-state index in [9.17, 15) is 9.90 Å². The molecule has 0 heterocycles. The second-order valence-electron chi connectivity index (χ2n) is 3.01. The number of hydrogen-bond acceptors (Lipinski definition) is 2. The molecule has 0 aliphatic heterocycles. The zero-order valence-electron chi connectivity index (χ0n) is 7.33. The highest BCUT2D eigenvalue weighted by molar-refractivity contribution is 9.10. The highest BCUT2D eigenvalue weighted by Crippen LogP contribution is 2.28. The van der Waals surface area contributed by atoms with Crippen LogP contribution in [0.15, 0.2) is 22.7 Å². The molecule has 2 nitrogen and oxygen atoms in total. The molecule has 0 amide bonds. The van der Waals surface area contributed by atoms with E-state index in [4.69, 9.17) is 0 Å². The van der Waals surface area contributed by atoms with Crippen molar-refractivity contribution >= 4 is 22.2 Å². The number of hydrogen-bond donors (Lipinski definition) is 1. The van der Waals surface area contributed by atoms with Crippen molar-refractivity contribution in [1.29, 1.82) is 0 Å². The fourth-order valence-corrected chi connectivity index (χ4v) is 1.51. The Kier molecular flexibility index (Phi) is 3.48. The zero-order chi connectivity index (χ0) is 9.84. The first-order chi connectivity index (χ1) is 6.15. The predicted octanol–water partition coefficient (Wildman–Crippen LogP) is 2.85. The van der Waals surface area contributed by atoms with Crippen molar-refractivity contribution in [3.05, 3.63) is 28.2 Å². The van der Waals surface area contributed by atoms with Crippen LogP contribution in [0.25, 0.3) is 0 Å². The fraction of sp³-hybridized carbons (Fsp3) is 0.300. The lowest BCUT2D eigenvalue weighted by Crippen LogP contribution is -1.93. The Morgan fingerprint density at radius 1 is 1.62 bits per heavy atom. The van der Waals surface area contributed by atoms with Crippen LogP contribution in [0.2, 0.25) is 0 Å². The Bertz CT molecular complexity index is 310. The van der Waals surface area contributed by atoms with Gasteiger partial charge in [-0.2, -0.15) is 0 Å². The molecule has 0 aromatic heterocycles.